The van der Waals surface area contributed by atoms with Crippen LogP contribution >= 0.6 is 0 Å². The summed E-state index contributed by atoms with van der Waals surface area (Å²) in [6.45, 7) is 4.21. The highest BCUT2D eigenvalue weighted by Crippen LogP contribution is 2.13. The van der Waals surface area contributed by atoms with E-state index in [1.54, 1.807) is 10.6 Å². The highest BCUT2D eigenvalue weighted by atomic mass is 19.1. The summed E-state index contributed by atoms with van der Waals surface area (Å²) in [5, 5.41) is 6.97. The van der Waals surface area contributed by atoms with E-state index in [0.717, 1.165) is 22.5 Å². The molecule has 0 unspecified atom stereocenters. The molecule has 124 valence electrons. The maximum absolute atomic E-state index is 13.1. The van der Waals surface area contributed by atoms with Gasteiger partial charge in [0.25, 0.3) is 5.78 Å². The van der Waals surface area contributed by atoms with E-state index >= 15 is 0 Å². The van der Waals surface area contributed by atoms with Crippen LogP contribution in [0.25, 0.3) is 5.78 Å². The Hall–Kier alpha value is -2.83. The van der Waals surface area contributed by atoms with Gasteiger partial charge in [-0.15, -0.1) is 0 Å². The van der Waals surface area contributed by atoms with Gasteiger partial charge >= 0.3 is 0 Å². The zero-order chi connectivity index (χ0) is 17.1. The monoisotopic (exact) mass is 327 g/mol. The molecular weight excluding hydrogens is 309 g/mol. The first-order chi connectivity index (χ1) is 11.5. The number of nitrogens with one attached hydrogen (secondary N) is 1. The number of fused-ring (bicyclic) bond motifs is 1. The molecule has 0 bridgehead atoms. The maximum atomic E-state index is 13.1. The minimum absolute atomic E-state index is 0.0983. The number of carbonyl (C=O) groups is 1. The van der Waals surface area contributed by atoms with Crippen LogP contribution < -0.4 is 5.32 Å². The van der Waals surface area contributed by atoms with Crippen LogP contribution in [-0.4, -0.2) is 32.0 Å². The van der Waals surface area contributed by atoms with Crippen LogP contribution in [0.2, 0.25) is 0 Å². The summed E-state index contributed by atoms with van der Waals surface area (Å²) in [7, 11) is 0. The topological polar surface area (TPSA) is 72.2 Å². The Bertz CT molecular complexity index is 890. The van der Waals surface area contributed by atoms with Gasteiger partial charge in [-0.05, 0) is 38.0 Å². The van der Waals surface area contributed by atoms with Gasteiger partial charge in [0.15, 0.2) is 0 Å². The summed E-state index contributed by atoms with van der Waals surface area (Å²) in [6.07, 6.45) is 2.25. The summed E-state index contributed by atoms with van der Waals surface area (Å²) in [6, 6.07) is 6.38. The molecule has 1 N–H and O–H groups in total. The zero-order valence-electron chi connectivity index (χ0n) is 13.6. The largest absolute Gasteiger partial charge is 0.355 e. The van der Waals surface area contributed by atoms with Crippen LogP contribution in [-0.2, 0) is 17.6 Å². The molecule has 24 heavy (non-hydrogen) atoms. The van der Waals surface area contributed by atoms with Gasteiger partial charge in [-0.1, -0.05) is 12.1 Å². The number of benzene rings is 1. The number of aromatic nitrogens is 4. The summed E-state index contributed by atoms with van der Waals surface area (Å²) >= 11 is 0. The van der Waals surface area contributed by atoms with Crippen molar-refractivity contribution in [1.82, 2.24) is 24.9 Å². The predicted molar refractivity (Wildman–Crippen MR) is 87.1 cm³/mol. The number of hydrogen-bond donors (Lipinski definition) is 1. The molecule has 1 amide bonds. The predicted octanol–water partition coefficient (Wildman–Crippen LogP) is 1.78. The van der Waals surface area contributed by atoms with Crippen molar-refractivity contribution in [3.8, 4) is 0 Å². The molecule has 6 nitrogen and oxygen atoms in total. The minimum Gasteiger partial charge on any atom is -0.355 e. The van der Waals surface area contributed by atoms with Gasteiger partial charge in [0.05, 0.1) is 6.42 Å². The van der Waals surface area contributed by atoms with Crippen molar-refractivity contribution >= 4 is 11.7 Å². The third-order valence-electron chi connectivity index (χ3n) is 3.95. The van der Waals surface area contributed by atoms with Crippen molar-refractivity contribution in [2.24, 2.45) is 0 Å². The summed E-state index contributed by atoms with van der Waals surface area (Å²) in [4.78, 5) is 20.6. The number of rotatable bonds is 5. The number of halogens is 1. The van der Waals surface area contributed by atoms with Crippen molar-refractivity contribution in [2.45, 2.75) is 26.7 Å². The third kappa shape index (κ3) is 3.40. The summed E-state index contributed by atoms with van der Waals surface area (Å²) in [5.74, 6) is 0.163. The molecule has 2 aromatic heterocycles. The summed E-state index contributed by atoms with van der Waals surface area (Å²) in [5.41, 5.74) is 3.33. The fourth-order valence-corrected chi connectivity index (χ4v) is 2.67. The Kier molecular flexibility index (Phi) is 4.50. The van der Waals surface area contributed by atoms with Gasteiger partial charge in [-0.25, -0.2) is 13.9 Å². The Morgan fingerprint density at radius 2 is 2.17 bits per heavy atom. The van der Waals surface area contributed by atoms with Gasteiger partial charge in [-0.2, -0.15) is 10.1 Å². The lowest BCUT2D eigenvalue weighted by molar-refractivity contribution is -0.120. The maximum Gasteiger partial charge on any atom is 0.252 e. The standard InChI is InChI=1S/C17H18FN5O/c1-11-15(12(2)23-17(22-11)20-10-21-23)9-16(24)19-7-6-13-4-3-5-14(18)8-13/h3-5,8,10H,6-7,9H2,1-2H3,(H,19,24). The Morgan fingerprint density at radius 3 is 2.96 bits per heavy atom. The molecular formula is C17H18FN5O. The van der Waals surface area contributed by atoms with Gasteiger partial charge in [0.2, 0.25) is 5.91 Å². The fourth-order valence-electron chi connectivity index (χ4n) is 2.67. The molecule has 0 spiro atoms. The average Bonchev–Trinajstić information content (AvgIpc) is 3.00. The van der Waals surface area contributed by atoms with E-state index in [2.05, 4.69) is 20.4 Å². The SMILES string of the molecule is Cc1nc2ncnn2c(C)c1CC(=O)NCCc1cccc(F)c1. The zero-order valence-corrected chi connectivity index (χ0v) is 13.6. The van der Waals surface area contributed by atoms with Crippen LogP contribution in [0.4, 0.5) is 4.39 Å². The quantitative estimate of drug-likeness (QED) is 0.775. The van der Waals surface area contributed by atoms with Crippen molar-refractivity contribution in [2.75, 3.05) is 6.54 Å². The molecule has 7 heteroatoms. The first kappa shape index (κ1) is 16.0. The van der Waals surface area contributed by atoms with Crippen molar-refractivity contribution in [3.63, 3.8) is 0 Å². The van der Waals surface area contributed by atoms with Crippen molar-refractivity contribution in [1.29, 1.82) is 0 Å². The van der Waals surface area contributed by atoms with E-state index in [0.29, 0.717) is 18.7 Å². The number of amides is 1. The van der Waals surface area contributed by atoms with Crippen LogP contribution in [0.3, 0.4) is 0 Å². The van der Waals surface area contributed by atoms with Gasteiger partial charge < -0.3 is 5.32 Å². The lowest BCUT2D eigenvalue weighted by Crippen LogP contribution is -2.28. The number of nitrogens with zero attached hydrogens (tertiary/aromatic N) is 4. The van der Waals surface area contributed by atoms with Crippen molar-refractivity contribution < 1.29 is 9.18 Å². The fraction of sp³-hybridized carbons (Fsp3) is 0.294. The second-order valence-electron chi connectivity index (χ2n) is 5.64. The molecule has 3 aromatic rings. The van der Waals surface area contributed by atoms with E-state index < -0.39 is 0 Å². The van der Waals surface area contributed by atoms with Crippen LogP contribution in [0.5, 0.6) is 0 Å². The molecule has 0 aliphatic rings. The molecule has 0 aliphatic heterocycles. The summed E-state index contributed by atoms with van der Waals surface area (Å²) < 4.78 is 14.8. The molecule has 1 aromatic carbocycles. The van der Waals surface area contributed by atoms with Crippen LogP contribution in [0.1, 0.15) is 22.5 Å². The lowest BCUT2D eigenvalue weighted by atomic mass is 10.1. The van der Waals surface area contributed by atoms with Crippen molar-refractivity contribution in [3.05, 3.63) is 58.9 Å². The lowest BCUT2D eigenvalue weighted by Gasteiger charge is -2.11. The smallest absolute Gasteiger partial charge is 0.252 e. The number of hydrogen-bond acceptors (Lipinski definition) is 4. The first-order valence-electron chi connectivity index (χ1n) is 7.71. The average molecular weight is 327 g/mol. The van der Waals surface area contributed by atoms with Gasteiger partial charge in [-0.3, -0.25) is 4.79 Å². The molecule has 2 heterocycles. The van der Waals surface area contributed by atoms with E-state index in [1.165, 1.54) is 18.5 Å². The van der Waals surface area contributed by atoms with Gasteiger partial charge in [0, 0.05) is 23.5 Å². The molecule has 0 atom stereocenters. The molecule has 0 fully saturated rings. The third-order valence-corrected chi connectivity index (χ3v) is 3.95. The normalized spacial score (nSPS) is 11.0. The van der Waals surface area contributed by atoms with Crippen LogP contribution in [0.15, 0.2) is 30.6 Å². The molecule has 0 radical (unpaired) electrons. The number of carbonyl (C=O) groups excluding carboxylic acids is 1. The highest BCUT2D eigenvalue weighted by Gasteiger charge is 2.14. The van der Waals surface area contributed by atoms with E-state index in [4.69, 9.17) is 0 Å². The second kappa shape index (κ2) is 6.74. The van der Waals surface area contributed by atoms with Crippen LogP contribution in [0, 0.1) is 19.7 Å². The second-order valence-corrected chi connectivity index (χ2v) is 5.64. The first-order valence-corrected chi connectivity index (χ1v) is 7.71. The van der Waals surface area contributed by atoms with E-state index in [1.807, 2.05) is 19.9 Å². The molecule has 0 aliphatic carbocycles. The Balaban J connectivity index is 1.63. The minimum atomic E-state index is -0.266. The molecule has 0 saturated heterocycles. The van der Waals surface area contributed by atoms with E-state index in [-0.39, 0.29) is 18.1 Å². The molecule has 0 saturated carbocycles. The Morgan fingerprint density at radius 1 is 1.33 bits per heavy atom. The Labute approximate surface area is 138 Å². The van der Waals surface area contributed by atoms with Gasteiger partial charge in [0.1, 0.15) is 12.1 Å². The highest BCUT2D eigenvalue weighted by molar-refractivity contribution is 5.79. The number of aryl methyl sites for hydroxylation is 2. The molecule has 3 rings (SSSR count). The van der Waals surface area contributed by atoms with E-state index in [9.17, 15) is 9.18 Å².